The zero-order chi connectivity index (χ0) is 18.0. The van der Waals surface area contributed by atoms with Gasteiger partial charge in [0.15, 0.2) is 0 Å². The summed E-state index contributed by atoms with van der Waals surface area (Å²) in [5, 5.41) is 6.56. The van der Waals surface area contributed by atoms with Crippen LogP contribution in [-0.2, 0) is 10.0 Å². The van der Waals surface area contributed by atoms with E-state index < -0.39 is 10.0 Å². The van der Waals surface area contributed by atoms with Gasteiger partial charge in [-0.15, -0.1) is 4.40 Å². The molecule has 25 heavy (non-hydrogen) atoms. The van der Waals surface area contributed by atoms with Crippen molar-refractivity contribution >= 4 is 55.8 Å². The molecule has 0 saturated carbocycles. The van der Waals surface area contributed by atoms with Gasteiger partial charge in [-0.2, -0.15) is 13.5 Å². The Morgan fingerprint density at radius 3 is 2.16 bits per heavy atom. The first-order chi connectivity index (χ1) is 11.8. The second-order valence-corrected chi connectivity index (χ2v) is 8.03. The van der Waals surface area contributed by atoms with Gasteiger partial charge in [-0.1, -0.05) is 35.3 Å². The Bertz CT molecular complexity index is 940. The molecule has 1 aliphatic heterocycles. The van der Waals surface area contributed by atoms with Crippen LogP contribution in [0.25, 0.3) is 0 Å². The first-order valence-electron chi connectivity index (χ1n) is 7.22. The molecule has 1 aliphatic rings. The average Bonchev–Trinajstić information content (AvgIpc) is 3.06. The fourth-order valence-corrected chi connectivity index (χ4v) is 3.77. The van der Waals surface area contributed by atoms with Crippen LogP contribution < -0.4 is 0 Å². The van der Waals surface area contributed by atoms with Gasteiger partial charge >= 0.3 is 0 Å². The third kappa shape index (κ3) is 4.33. The molecule has 0 N–H and O–H groups in total. The highest BCUT2D eigenvalue weighted by Crippen LogP contribution is 2.20. The molecule has 0 radical (unpaired) electrons. The Morgan fingerprint density at radius 1 is 1.00 bits per heavy atom. The number of amidine groups is 1. The molecule has 0 unspecified atom stereocenters. The maximum Gasteiger partial charge on any atom is 0.285 e. The fraction of sp³-hybridized carbons (Fsp3) is 0.125. The van der Waals surface area contributed by atoms with Crippen molar-refractivity contribution in [3.8, 4) is 0 Å². The molecule has 130 valence electrons. The van der Waals surface area contributed by atoms with E-state index in [9.17, 15) is 8.42 Å². The minimum absolute atomic E-state index is 0.0103. The van der Waals surface area contributed by atoms with Crippen molar-refractivity contribution in [2.45, 2.75) is 11.3 Å². The van der Waals surface area contributed by atoms with Crippen LogP contribution in [0.15, 0.2) is 62.9 Å². The monoisotopic (exact) mass is 415 g/mol. The molecule has 0 amide bonds. The molecule has 2 aromatic carbocycles. The van der Waals surface area contributed by atoms with Gasteiger partial charge < -0.3 is 0 Å². The molecule has 0 aliphatic carbocycles. The average molecular weight is 417 g/mol. The number of sulfonamides is 1. The molecule has 1 heterocycles. The summed E-state index contributed by atoms with van der Waals surface area (Å²) in [5.74, 6) is 0. The lowest BCUT2D eigenvalue weighted by Crippen LogP contribution is -2.19. The van der Waals surface area contributed by atoms with Gasteiger partial charge in [-0.05, 0) is 53.6 Å². The van der Waals surface area contributed by atoms with E-state index in [0.717, 1.165) is 11.3 Å². The van der Waals surface area contributed by atoms with E-state index in [2.05, 4.69) is 9.50 Å². The molecule has 0 bridgehead atoms. The number of hydrogen-bond donors (Lipinski definition) is 0. The topological polar surface area (TPSA) is 62.1 Å². The smallest absolute Gasteiger partial charge is 0.237 e. The second-order valence-electron chi connectivity index (χ2n) is 5.22. The zero-order valence-corrected chi connectivity index (χ0v) is 15.8. The largest absolute Gasteiger partial charge is 0.285 e. The molecular formula is C16H12Cl3N3O2S. The van der Waals surface area contributed by atoms with Crippen LogP contribution in [-0.4, -0.2) is 31.0 Å². The fourth-order valence-electron chi connectivity index (χ4n) is 2.24. The van der Waals surface area contributed by atoms with Gasteiger partial charge in [0.1, 0.15) is 0 Å². The molecular weight excluding hydrogens is 405 g/mol. The van der Waals surface area contributed by atoms with E-state index in [1.165, 1.54) is 29.3 Å². The number of nitrogens with zero attached hydrogens (tertiary/aromatic N) is 3. The van der Waals surface area contributed by atoms with Gasteiger partial charge in [0.2, 0.25) is 5.29 Å². The van der Waals surface area contributed by atoms with Crippen molar-refractivity contribution in [1.82, 2.24) is 5.01 Å². The standard InChI is InChI=1S/C16H12Cl3N3O2S/c17-12-3-1-11(2-4-12)15-9-10-22(20-15)16(19)21-25(23,24)14-7-5-13(18)6-8-14/h1-8H,9-10H2. The molecule has 0 atom stereocenters. The van der Waals surface area contributed by atoms with Gasteiger partial charge in [0, 0.05) is 23.0 Å². The van der Waals surface area contributed by atoms with Gasteiger partial charge in [0.25, 0.3) is 10.0 Å². The number of hydrazone groups is 1. The summed E-state index contributed by atoms with van der Waals surface area (Å²) in [6, 6.07) is 12.9. The maximum atomic E-state index is 12.3. The Hall–Kier alpha value is -1.60. The number of benzene rings is 2. The lowest BCUT2D eigenvalue weighted by molar-refractivity contribution is 0.500. The Balaban J connectivity index is 1.83. The summed E-state index contributed by atoms with van der Waals surface area (Å²) < 4.78 is 28.2. The molecule has 2 aromatic rings. The van der Waals surface area contributed by atoms with Gasteiger partial charge in [-0.3, -0.25) is 0 Å². The summed E-state index contributed by atoms with van der Waals surface area (Å²) in [6.07, 6.45) is 0.619. The predicted octanol–water partition coefficient (Wildman–Crippen LogP) is 4.39. The minimum atomic E-state index is -3.93. The van der Waals surface area contributed by atoms with Gasteiger partial charge in [-0.25, -0.2) is 5.01 Å². The first kappa shape index (κ1) is 18.2. The minimum Gasteiger partial charge on any atom is -0.237 e. The number of rotatable bonds is 3. The Labute approximate surface area is 160 Å². The van der Waals surface area contributed by atoms with Crippen LogP contribution in [0.5, 0.6) is 0 Å². The third-order valence-electron chi connectivity index (χ3n) is 3.50. The summed E-state index contributed by atoms with van der Waals surface area (Å²) >= 11 is 17.7. The van der Waals surface area contributed by atoms with Crippen molar-refractivity contribution in [3.05, 3.63) is 64.1 Å². The molecule has 0 fully saturated rings. The quantitative estimate of drug-likeness (QED) is 0.423. The van der Waals surface area contributed by atoms with E-state index in [4.69, 9.17) is 34.8 Å². The lowest BCUT2D eigenvalue weighted by Gasteiger charge is -2.10. The Morgan fingerprint density at radius 2 is 1.56 bits per heavy atom. The SMILES string of the molecule is O=S(=O)(N=C(Cl)N1CCC(c2ccc(Cl)cc2)=N1)c1ccc(Cl)cc1. The lowest BCUT2D eigenvalue weighted by atomic mass is 10.1. The molecule has 9 heteroatoms. The van der Waals surface area contributed by atoms with E-state index in [-0.39, 0.29) is 10.2 Å². The van der Waals surface area contributed by atoms with Gasteiger partial charge in [0.05, 0.1) is 10.6 Å². The van der Waals surface area contributed by atoms with Crippen LogP contribution in [0.2, 0.25) is 10.0 Å². The highest BCUT2D eigenvalue weighted by molar-refractivity contribution is 7.90. The molecule has 0 saturated heterocycles. The summed E-state index contributed by atoms with van der Waals surface area (Å²) in [6.45, 7) is 0.441. The predicted molar refractivity (Wildman–Crippen MR) is 101 cm³/mol. The van der Waals surface area contributed by atoms with Crippen LogP contribution >= 0.6 is 34.8 Å². The first-order valence-corrected chi connectivity index (χ1v) is 9.79. The normalized spacial score (nSPS) is 15.4. The zero-order valence-electron chi connectivity index (χ0n) is 12.7. The van der Waals surface area contributed by atoms with E-state index in [0.29, 0.717) is 23.0 Å². The summed E-state index contributed by atoms with van der Waals surface area (Å²) in [5.41, 5.74) is 1.69. The van der Waals surface area contributed by atoms with Crippen molar-refractivity contribution in [2.75, 3.05) is 6.54 Å². The molecule has 0 aromatic heterocycles. The third-order valence-corrected chi connectivity index (χ3v) is 5.66. The maximum absolute atomic E-state index is 12.3. The number of hydrogen-bond acceptors (Lipinski definition) is 3. The Kier molecular flexibility index (Phi) is 5.34. The van der Waals surface area contributed by atoms with Crippen molar-refractivity contribution in [1.29, 1.82) is 0 Å². The molecule has 0 spiro atoms. The highest BCUT2D eigenvalue weighted by atomic mass is 35.5. The van der Waals surface area contributed by atoms with Crippen molar-refractivity contribution in [3.63, 3.8) is 0 Å². The van der Waals surface area contributed by atoms with Crippen LogP contribution in [0.4, 0.5) is 0 Å². The number of halogens is 3. The highest BCUT2D eigenvalue weighted by Gasteiger charge is 2.22. The van der Waals surface area contributed by atoms with E-state index >= 15 is 0 Å². The van der Waals surface area contributed by atoms with Crippen LogP contribution in [0.1, 0.15) is 12.0 Å². The van der Waals surface area contributed by atoms with Crippen molar-refractivity contribution < 1.29 is 8.42 Å². The molecule has 3 rings (SSSR count). The van der Waals surface area contributed by atoms with E-state index in [1.54, 1.807) is 12.1 Å². The molecule has 5 nitrogen and oxygen atoms in total. The summed E-state index contributed by atoms with van der Waals surface area (Å²) in [4.78, 5) is 0.0103. The van der Waals surface area contributed by atoms with Crippen LogP contribution in [0.3, 0.4) is 0 Å². The van der Waals surface area contributed by atoms with Crippen molar-refractivity contribution in [2.24, 2.45) is 9.50 Å². The van der Waals surface area contributed by atoms with Crippen LogP contribution in [0, 0.1) is 0 Å². The second kappa shape index (κ2) is 7.33. The van der Waals surface area contributed by atoms with E-state index in [1.807, 2.05) is 12.1 Å². The summed E-state index contributed by atoms with van der Waals surface area (Å²) in [7, 11) is -3.93.